The summed E-state index contributed by atoms with van der Waals surface area (Å²) in [4.78, 5) is 17.3. The number of aromatic nitrogens is 2. The van der Waals surface area contributed by atoms with Gasteiger partial charge in [-0.1, -0.05) is 26.0 Å². The molecular formula is C17H16BrN3O2S2. The molecule has 0 spiro atoms. The molecular weight excluding hydrogens is 422 g/mol. The van der Waals surface area contributed by atoms with Crippen LogP contribution in [0.4, 0.5) is 5.13 Å². The summed E-state index contributed by atoms with van der Waals surface area (Å²) in [5.74, 6) is 1.48. The number of rotatable bonds is 6. The van der Waals surface area contributed by atoms with E-state index in [-0.39, 0.29) is 12.5 Å². The van der Waals surface area contributed by atoms with E-state index in [1.54, 1.807) is 11.3 Å². The first-order valence-electron chi connectivity index (χ1n) is 7.63. The van der Waals surface area contributed by atoms with Gasteiger partial charge < -0.3 is 4.74 Å². The fraction of sp³-hybridized carbons (Fsp3) is 0.235. The molecule has 0 saturated heterocycles. The molecule has 130 valence electrons. The third-order valence-electron chi connectivity index (χ3n) is 3.38. The molecule has 3 rings (SSSR count). The zero-order chi connectivity index (χ0) is 17.8. The van der Waals surface area contributed by atoms with Crippen LogP contribution in [0, 0.1) is 0 Å². The molecule has 3 aromatic rings. The van der Waals surface area contributed by atoms with Crippen molar-refractivity contribution in [3.05, 3.63) is 45.7 Å². The van der Waals surface area contributed by atoms with Crippen molar-refractivity contribution in [2.75, 3.05) is 11.9 Å². The highest BCUT2D eigenvalue weighted by atomic mass is 79.9. The van der Waals surface area contributed by atoms with Crippen LogP contribution < -0.4 is 10.1 Å². The molecule has 0 aliphatic carbocycles. The minimum Gasteiger partial charge on any atom is -0.484 e. The molecule has 0 fully saturated rings. The van der Waals surface area contributed by atoms with Crippen LogP contribution in [-0.2, 0) is 4.79 Å². The van der Waals surface area contributed by atoms with Crippen molar-refractivity contribution in [1.82, 2.24) is 9.36 Å². The zero-order valence-corrected chi connectivity index (χ0v) is 16.9. The van der Waals surface area contributed by atoms with Crippen molar-refractivity contribution >= 4 is 49.8 Å². The van der Waals surface area contributed by atoms with Gasteiger partial charge in [0.15, 0.2) is 12.4 Å². The van der Waals surface area contributed by atoms with Crippen LogP contribution in [0.5, 0.6) is 5.75 Å². The van der Waals surface area contributed by atoms with Gasteiger partial charge in [-0.3, -0.25) is 10.1 Å². The third kappa shape index (κ3) is 4.87. The molecule has 1 N–H and O–H groups in total. The van der Waals surface area contributed by atoms with Gasteiger partial charge in [0, 0.05) is 11.5 Å². The number of benzene rings is 1. The average Bonchev–Trinajstić information content (AvgIpc) is 3.22. The number of amides is 1. The van der Waals surface area contributed by atoms with E-state index in [2.05, 4.69) is 44.5 Å². The number of nitrogens with zero attached hydrogens (tertiary/aromatic N) is 2. The molecule has 0 unspecified atom stereocenters. The summed E-state index contributed by atoms with van der Waals surface area (Å²) >= 11 is 6.11. The van der Waals surface area contributed by atoms with Crippen LogP contribution in [0.15, 0.2) is 40.2 Å². The number of thiophene rings is 1. The Morgan fingerprint density at radius 1 is 1.24 bits per heavy atom. The Balaban J connectivity index is 1.53. The summed E-state index contributed by atoms with van der Waals surface area (Å²) in [7, 11) is 0. The summed E-state index contributed by atoms with van der Waals surface area (Å²) in [6.45, 7) is 4.20. The zero-order valence-electron chi connectivity index (χ0n) is 13.7. The number of nitrogens with one attached hydrogen (secondary N) is 1. The Bertz CT molecular complexity index is 859. The Kier molecular flexibility index (Phi) is 5.82. The first-order valence-corrected chi connectivity index (χ1v) is 10.0. The number of halogens is 1. The highest BCUT2D eigenvalue weighted by molar-refractivity contribution is 9.11. The lowest BCUT2D eigenvalue weighted by Gasteiger charge is -2.08. The molecule has 1 aromatic carbocycles. The monoisotopic (exact) mass is 437 g/mol. The smallest absolute Gasteiger partial charge is 0.264 e. The van der Waals surface area contributed by atoms with Gasteiger partial charge in [-0.05, 0) is 51.7 Å². The van der Waals surface area contributed by atoms with E-state index in [0.29, 0.717) is 22.6 Å². The quantitative estimate of drug-likeness (QED) is 0.577. The van der Waals surface area contributed by atoms with E-state index in [1.165, 1.54) is 5.56 Å². The molecule has 2 aromatic heterocycles. The molecule has 25 heavy (non-hydrogen) atoms. The fourth-order valence-electron chi connectivity index (χ4n) is 2.06. The van der Waals surface area contributed by atoms with Gasteiger partial charge in [-0.25, -0.2) is 0 Å². The van der Waals surface area contributed by atoms with Crippen molar-refractivity contribution in [3.8, 4) is 16.5 Å². The molecule has 0 aliphatic heterocycles. The maximum Gasteiger partial charge on any atom is 0.264 e. The second-order valence-electron chi connectivity index (χ2n) is 5.59. The minimum atomic E-state index is -0.261. The highest BCUT2D eigenvalue weighted by Gasteiger charge is 2.11. The fourth-order valence-corrected chi connectivity index (χ4v) is 4.04. The van der Waals surface area contributed by atoms with Crippen molar-refractivity contribution in [2.24, 2.45) is 0 Å². The molecule has 0 radical (unpaired) electrons. The predicted molar refractivity (Wildman–Crippen MR) is 106 cm³/mol. The van der Waals surface area contributed by atoms with Gasteiger partial charge in [0.2, 0.25) is 5.13 Å². The van der Waals surface area contributed by atoms with Gasteiger partial charge in [0.1, 0.15) is 5.75 Å². The SMILES string of the molecule is CC(C)c1ccc(OCC(=O)Nc2nc(-c3ccc(Br)s3)ns2)cc1. The van der Waals surface area contributed by atoms with E-state index < -0.39 is 0 Å². The lowest BCUT2D eigenvalue weighted by atomic mass is 10.0. The standard InChI is InChI=1S/C17H16BrN3O2S2/c1-10(2)11-3-5-12(6-4-11)23-9-15(22)19-17-20-16(21-25-17)13-7-8-14(18)24-13/h3-8,10H,9H2,1-2H3,(H,19,20,21,22). The topological polar surface area (TPSA) is 64.1 Å². The largest absolute Gasteiger partial charge is 0.484 e. The average molecular weight is 438 g/mol. The van der Waals surface area contributed by atoms with Crippen LogP contribution in [0.3, 0.4) is 0 Å². The number of carbonyl (C=O) groups is 1. The Labute approximate surface area is 162 Å². The summed E-state index contributed by atoms with van der Waals surface area (Å²) in [5.41, 5.74) is 1.23. The first kappa shape index (κ1) is 18.0. The highest BCUT2D eigenvalue weighted by Crippen LogP contribution is 2.31. The van der Waals surface area contributed by atoms with Crippen LogP contribution in [0.2, 0.25) is 0 Å². The Morgan fingerprint density at radius 2 is 2.00 bits per heavy atom. The van der Waals surface area contributed by atoms with Crippen molar-refractivity contribution in [3.63, 3.8) is 0 Å². The molecule has 0 saturated carbocycles. The third-order valence-corrected chi connectivity index (χ3v) is 5.63. The summed E-state index contributed by atoms with van der Waals surface area (Å²) < 4.78 is 10.8. The number of hydrogen-bond donors (Lipinski definition) is 1. The van der Waals surface area contributed by atoms with Crippen molar-refractivity contribution in [2.45, 2.75) is 19.8 Å². The Morgan fingerprint density at radius 3 is 2.64 bits per heavy atom. The maximum absolute atomic E-state index is 12.0. The molecule has 0 aliphatic rings. The number of ether oxygens (including phenoxy) is 1. The van der Waals surface area contributed by atoms with Gasteiger partial charge in [-0.2, -0.15) is 9.36 Å². The number of hydrogen-bond acceptors (Lipinski definition) is 6. The minimum absolute atomic E-state index is 0.0690. The van der Waals surface area contributed by atoms with Crippen LogP contribution in [-0.4, -0.2) is 21.9 Å². The lowest BCUT2D eigenvalue weighted by molar-refractivity contribution is -0.118. The molecule has 2 heterocycles. The van der Waals surface area contributed by atoms with E-state index in [4.69, 9.17) is 4.74 Å². The van der Waals surface area contributed by atoms with Crippen molar-refractivity contribution < 1.29 is 9.53 Å². The van der Waals surface area contributed by atoms with Crippen LogP contribution >= 0.6 is 38.8 Å². The van der Waals surface area contributed by atoms with E-state index in [1.807, 2.05) is 36.4 Å². The molecule has 8 heteroatoms. The van der Waals surface area contributed by atoms with E-state index in [0.717, 1.165) is 20.2 Å². The second kappa shape index (κ2) is 8.07. The predicted octanol–water partition coefficient (Wildman–Crippen LogP) is 5.17. The molecule has 0 atom stereocenters. The van der Waals surface area contributed by atoms with Crippen LogP contribution in [0.25, 0.3) is 10.7 Å². The normalized spacial score (nSPS) is 10.9. The Hall–Kier alpha value is -1.77. The number of carbonyl (C=O) groups excluding carboxylic acids is 1. The summed E-state index contributed by atoms with van der Waals surface area (Å²) in [6, 6.07) is 11.6. The van der Waals surface area contributed by atoms with Gasteiger partial charge in [0.25, 0.3) is 5.91 Å². The van der Waals surface area contributed by atoms with Gasteiger partial charge in [-0.15, -0.1) is 11.3 Å². The summed E-state index contributed by atoms with van der Waals surface area (Å²) in [5, 5.41) is 3.17. The molecule has 0 bridgehead atoms. The van der Waals surface area contributed by atoms with Crippen LogP contribution in [0.1, 0.15) is 25.3 Å². The number of anilines is 1. The molecule has 5 nitrogen and oxygen atoms in total. The second-order valence-corrected chi connectivity index (χ2v) is 8.80. The van der Waals surface area contributed by atoms with Crippen molar-refractivity contribution in [1.29, 1.82) is 0 Å². The summed E-state index contributed by atoms with van der Waals surface area (Å²) in [6.07, 6.45) is 0. The van der Waals surface area contributed by atoms with E-state index >= 15 is 0 Å². The maximum atomic E-state index is 12.0. The lowest BCUT2D eigenvalue weighted by Crippen LogP contribution is -2.20. The van der Waals surface area contributed by atoms with E-state index in [9.17, 15) is 4.79 Å². The first-order chi connectivity index (χ1) is 12.0. The van der Waals surface area contributed by atoms with Gasteiger partial charge in [0.05, 0.1) is 8.66 Å². The van der Waals surface area contributed by atoms with Gasteiger partial charge >= 0.3 is 0 Å². The molecule has 1 amide bonds.